The van der Waals surface area contributed by atoms with Gasteiger partial charge < -0.3 is 33.8 Å². The van der Waals surface area contributed by atoms with Crippen molar-refractivity contribution in [2.45, 2.75) is 26.1 Å². The highest BCUT2D eigenvalue weighted by atomic mass is 16.5. The van der Waals surface area contributed by atoms with Crippen molar-refractivity contribution in [1.82, 2.24) is 0 Å². The molecule has 0 bridgehead atoms. The Bertz CT molecular complexity index is 1160. The molecule has 0 unspecified atom stereocenters. The first-order valence-corrected chi connectivity index (χ1v) is 11.4. The van der Waals surface area contributed by atoms with Gasteiger partial charge >= 0.3 is 0 Å². The van der Waals surface area contributed by atoms with Crippen LogP contribution < -0.4 is 24.1 Å². The number of nitrogens with zero attached hydrogens (tertiary/aromatic N) is 1. The minimum Gasteiger partial charge on any atom is -0.862 e. The molecule has 3 aromatic rings. The lowest BCUT2D eigenvalue weighted by Gasteiger charge is -2.18. The van der Waals surface area contributed by atoms with Crippen molar-refractivity contribution in [3.05, 3.63) is 82.9 Å². The summed E-state index contributed by atoms with van der Waals surface area (Å²) in [5, 5.41) is 12.6. The molecule has 0 amide bonds. The molecule has 0 aromatic heterocycles. The van der Waals surface area contributed by atoms with E-state index >= 15 is 0 Å². The Kier molecular flexibility index (Phi) is 10.1. The summed E-state index contributed by atoms with van der Waals surface area (Å²) in [6, 6.07) is 19.0. The van der Waals surface area contributed by atoms with E-state index in [4.69, 9.17) is 23.7 Å². The maximum atomic E-state index is 12.6. The van der Waals surface area contributed by atoms with Gasteiger partial charge in [0.05, 0.1) is 20.8 Å². The van der Waals surface area contributed by atoms with Crippen LogP contribution in [0.15, 0.2) is 65.7 Å². The molecule has 8 heteroatoms. The van der Waals surface area contributed by atoms with Crippen LogP contribution in [0, 0.1) is 0 Å². The van der Waals surface area contributed by atoms with Gasteiger partial charge in [-0.1, -0.05) is 42.5 Å². The van der Waals surface area contributed by atoms with Gasteiger partial charge in [0.15, 0.2) is 23.0 Å². The molecule has 190 valence electrons. The largest absolute Gasteiger partial charge is 0.862 e. The van der Waals surface area contributed by atoms with Crippen molar-refractivity contribution in [3.63, 3.8) is 0 Å². The van der Waals surface area contributed by atoms with Crippen LogP contribution >= 0.6 is 0 Å². The number of methoxy groups -OCH3 is 3. The first-order chi connectivity index (χ1) is 17.6. The summed E-state index contributed by atoms with van der Waals surface area (Å²) >= 11 is 0. The molecule has 8 nitrogen and oxygen atoms in total. The van der Waals surface area contributed by atoms with Crippen LogP contribution in [-0.4, -0.2) is 40.2 Å². The maximum Gasteiger partial charge on any atom is 0.298 e. The summed E-state index contributed by atoms with van der Waals surface area (Å²) in [5.74, 6) is 1.61. The second kappa shape index (κ2) is 13.7. The van der Waals surface area contributed by atoms with Gasteiger partial charge in [-0.25, -0.2) is 0 Å². The number of hydrogen-bond acceptors (Lipinski definition) is 8. The van der Waals surface area contributed by atoms with Crippen LogP contribution in [-0.2, 0) is 35.6 Å². The van der Waals surface area contributed by atoms with Gasteiger partial charge in [0.1, 0.15) is 6.61 Å². The van der Waals surface area contributed by atoms with Gasteiger partial charge in [-0.15, -0.1) is 0 Å². The molecule has 0 atom stereocenters. The number of ether oxygens (including phenoxy) is 5. The number of rotatable bonds is 14. The minimum absolute atomic E-state index is 0.0491. The highest BCUT2D eigenvalue weighted by molar-refractivity contribution is 5.75. The first-order valence-electron chi connectivity index (χ1n) is 11.4. The normalized spacial score (nSPS) is 11.1. The predicted molar refractivity (Wildman–Crippen MR) is 134 cm³/mol. The Balaban J connectivity index is 1.64. The minimum atomic E-state index is -0.288. The average Bonchev–Trinajstić information content (AvgIpc) is 2.90. The third-order valence-electron chi connectivity index (χ3n) is 5.49. The van der Waals surface area contributed by atoms with E-state index in [-0.39, 0.29) is 24.7 Å². The highest BCUT2D eigenvalue weighted by Gasteiger charge is 2.16. The molecule has 0 saturated carbocycles. The van der Waals surface area contributed by atoms with Gasteiger partial charge in [-0.3, -0.25) is 4.79 Å². The fourth-order valence-corrected chi connectivity index (χ4v) is 3.70. The zero-order valence-corrected chi connectivity index (χ0v) is 20.7. The second-order valence-corrected chi connectivity index (χ2v) is 7.84. The van der Waals surface area contributed by atoms with E-state index in [0.717, 1.165) is 11.1 Å². The van der Waals surface area contributed by atoms with E-state index in [1.54, 1.807) is 19.2 Å². The molecule has 0 aliphatic carbocycles. The van der Waals surface area contributed by atoms with E-state index < -0.39 is 0 Å². The topological polar surface area (TPSA) is 98.6 Å². The smallest absolute Gasteiger partial charge is 0.298 e. The quantitative estimate of drug-likeness (QED) is 0.193. The van der Waals surface area contributed by atoms with Crippen LogP contribution in [0.25, 0.3) is 0 Å². The van der Waals surface area contributed by atoms with Crippen LogP contribution in [0.2, 0.25) is 0 Å². The summed E-state index contributed by atoms with van der Waals surface area (Å²) in [5.41, 5.74) is 3.27. The van der Waals surface area contributed by atoms with Crippen molar-refractivity contribution in [1.29, 1.82) is 0 Å². The van der Waals surface area contributed by atoms with Crippen molar-refractivity contribution < 1.29 is 33.6 Å². The van der Waals surface area contributed by atoms with Gasteiger partial charge in [-0.2, -0.15) is 0 Å². The number of benzene rings is 3. The molecule has 0 N–H and O–H groups in total. The van der Waals surface area contributed by atoms with E-state index in [2.05, 4.69) is 4.99 Å². The molecular formula is C28H30NO7-. The molecule has 36 heavy (non-hydrogen) atoms. The van der Waals surface area contributed by atoms with E-state index in [1.165, 1.54) is 14.2 Å². The fraction of sp³-hybridized carbons (Fsp3) is 0.286. The average molecular weight is 493 g/mol. The summed E-state index contributed by atoms with van der Waals surface area (Å²) < 4.78 is 27.0. The molecular weight excluding hydrogens is 462 g/mol. The van der Waals surface area contributed by atoms with Crippen LogP contribution in [0.1, 0.15) is 22.3 Å². The summed E-state index contributed by atoms with van der Waals surface area (Å²) in [7, 11) is 4.59. The summed E-state index contributed by atoms with van der Waals surface area (Å²) in [6.07, 6.45) is 0.613. The molecule has 0 saturated heterocycles. The summed E-state index contributed by atoms with van der Waals surface area (Å²) in [4.78, 5) is 15.2. The Morgan fingerprint density at radius 2 is 1.64 bits per heavy atom. The van der Waals surface area contributed by atoms with Gasteiger partial charge in [0.25, 0.3) is 6.47 Å². The van der Waals surface area contributed by atoms with Crippen molar-refractivity contribution in [2.75, 3.05) is 27.9 Å². The van der Waals surface area contributed by atoms with Crippen molar-refractivity contribution >= 4 is 12.4 Å². The highest BCUT2D eigenvalue weighted by Crippen LogP contribution is 2.34. The van der Waals surface area contributed by atoms with Gasteiger partial charge in [0.2, 0.25) is 0 Å². The number of aliphatic imine (C=N–C) groups is 1. The van der Waals surface area contributed by atoms with Crippen molar-refractivity contribution in [3.8, 4) is 23.0 Å². The standard InChI is InChI=1S/C28H31NO7/c1-32-18-23-22(10-12-25(33-2)28(23)36-19-30)16-27(31)29-14-13-20-9-11-24(26(15-20)34-3)35-17-21-7-5-4-6-8-21/h4-12,15,19H,13-14,16-18H2,1-3H3,(H,29,31)/p-1. The first kappa shape index (κ1) is 26.6. The predicted octanol–water partition coefficient (Wildman–Crippen LogP) is 3.51. The summed E-state index contributed by atoms with van der Waals surface area (Å²) in [6.45, 7) is 1.23. The molecule has 3 aromatic carbocycles. The SMILES string of the molecule is COCc1c(CC([O-])=NCCc2ccc(OCc3ccccc3)c(OC)c2)ccc(OC)c1OC=O. The molecule has 0 fully saturated rings. The van der Waals surface area contributed by atoms with E-state index in [0.29, 0.717) is 54.4 Å². The van der Waals surface area contributed by atoms with Crippen LogP contribution in [0.5, 0.6) is 23.0 Å². The van der Waals surface area contributed by atoms with E-state index in [1.807, 2.05) is 48.5 Å². The Labute approximate surface area is 211 Å². The number of carbonyl (C=O) groups is 1. The lowest BCUT2D eigenvalue weighted by Crippen LogP contribution is -2.22. The zero-order chi connectivity index (χ0) is 25.8. The maximum absolute atomic E-state index is 12.6. The zero-order valence-electron chi connectivity index (χ0n) is 20.7. The Morgan fingerprint density at radius 1 is 0.889 bits per heavy atom. The lowest BCUT2D eigenvalue weighted by molar-refractivity contribution is -0.218. The molecule has 3 rings (SSSR count). The number of carbonyl (C=O) groups excluding carboxylic acids is 1. The Morgan fingerprint density at radius 3 is 2.33 bits per heavy atom. The van der Waals surface area contributed by atoms with Crippen LogP contribution in [0.3, 0.4) is 0 Å². The third kappa shape index (κ3) is 7.23. The third-order valence-corrected chi connectivity index (χ3v) is 5.49. The van der Waals surface area contributed by atoms with Gasteiger partial charge in [0, 0.05) is 25.6 Å². The van der Waals surface area contributed by atoms with E-state index in [9.17, 15) is 9.90 Å². The lowest BCUT2D eigenvalue weighted by atomic mass is 10.0. The van der Waals surface area contributed by atoms with Crippen LogP contribution in [0.4, 0.5) is 0 Å². The molecule has 0 radical (unpaired) electrons. The monoisotopic (exact) mass is 492 g/mol. The molecule has 0 aliphatic rings. The molecule has 0 heterocycles. The van der Waals surface area contributed by atoms with Crippen molar-refractivity contribution in [2.24, 2.45) is 4.99 Å². The second-order valence-electron chi connectivity index (χ2n) is 7.84. The number of hydrogen-bond donors (Lipinski definition) is 0. The fourth-order valence-electron chi connectivity index (χ4n) is 3.70. The Hall–Kier alpha value is -4.04. The molecule has 0 aliphatic heterocycles. The molecule has 0 spiro atoms. The van der Waals surface area contributed by atoms with Gasteiger partial charge in [-0.05, 0) is 47.2 Å².